The third kappa shape index (κ3) is 4.70. The summed E-state index contributed by atoms with van der Waals surface area (Å²) in [6.45, 7) is -2.17. The van der Waals surface area contributed by atoms with Gasteiger partial charge in [0, 0.05) is 34.9 Å². The zero-order chi connectivity index (χ0) is 33.0. The van der Waals surface area contributed by atoms with E-state index in [0.717, 1.165) is 5.56 Å². The van der Waals surface area contributed by atoms with Gasteiger partial charge in [0.1, 0.15) is 23.6 Å². The molecule has 0 radical (unpaired) electrons. The Morgan fingerprint density at radius 2 is 2.00 bits per heavy atom. The third-order valence-electron chi connectivity index (χ3n) is 6.63. The number of likely N-dealkylation sites (tertiary alicyclic amines) is 1. The van der Waals surface area contributed by atoms with E-state index in [2.05, 4.69) is 20.1 Å². The number of pyridine rings is 1. The van der Waals surface area contributed by atoms with E-state index in [4.69, 9.17) is 28.2 Å². The number of hydrogen-bond acceptors (Lipinski definition) is 9. The van der Waals surface area contributed by atoms with Crippen molar-refractivity contribution >= 4 is 22.4 Å². The number of rotatable bonds is 6. The number of nitrogen functional groups attached to an aromatic ring is 1. The first kappa shape index (κ1) is 19.5. The standard InChI is InChI=1S/C28H27F2N7O3/c1-16-12-17(4-6-20(16)39-18-8-11-37-23(13-18)32-15-33-37)27-34-19-5-7-21(38-3)25(24(19)26(31)35-27)40-22-9-10-36(2)14-28(22,29)30/h4-8,11-13,15,22H,9-10,14H2,1-3H3,(H2,31,34,35)/i2D3,3D3. The quantitative estimate of drug-likeness (QED) is 0.318. The number of anilines is 1. The number of methoxy groups -OCH3 is 1. The lowest BCUT2D eigenvalue weighted by molar-refractivity contribution is -0.135. The summed E-state index contributed by atoms with van der Waals surface area (Å²) in [4.78, 5) is 13.8. The van der Waals surface area contributed by atoms with Gasteiger partial charge in [0.25, 0.3) is 5.92 Å². The van der Waals surface area contributed by atoms with Gasteiger partial charge in [-0.25, -0.2) is 28.2 Å². The fourth-order valence-electron chi connectivity index (χ4n) is 4.63. The van der Waals surface area contributed by atoms with Crippen molar-refractivity contribution < 1.29 is 31.2 Å². The summed E-state index contributed by atoms with van der Waals surface area (Å²) in [6.07, 6.45) is 0.983. The lowest BCUT2D eigenvalue weighted by atomic mass is 10.0. The molecule has 0 aliphatic carbocycles. The number of halogens is 2. The molecule has 1 atom stereocenters. The summed E-state index contributed by atoms with van der Waals surface area (Å²) < 4.78 is 94.1. The highest BCUT2D eigenvalue weighted by Crippen LogP contribution is 2.42. The van der Waals surface area contributed by atoms with Crippen LogP contribution in [0.25, 0.3) is 27.9 Å². The van der Waals surface area contributed by atoms with Crippen molar-refractivity contribution in [2.24, 2.45) is 0 Å². The van der Waals surface area contributed by atoms with Crippen LogP contribution in [0.3, 0.4) is 0 Å². The first-order chi connectivity index (χ1) is 21.6. The summed E-state index contributed by atoms with van der Waals surface area (Å²) in [5, 5.41) is 4.03. The molecule has 6 rings (SSSR count). The summed E-state index contributed by atoms with van der Waals surface area (Å²) in [5.41, 5.74) is 8.47. The van der Waals surface area contributed by atoms with Crippen LogP contribution in [0.15, 0.2) is 55.0 Å². The molecular formula is C28H27F2N7O3. The topological polar surface area (TPSA) is 113 Å². The Kier molecular flexibility index (Phi) is 4.80. The molecule has 0 saturated carbocycles. The predicted molar refractivity (Wildman–Crippen MR) is 145 cm³/mol. The first-order valence-corrected chi connectivity index (χ1v) is 12.2. The molecular weight excluding hydrogens is 520 g/mol. The highest BCUT2D eigenvalue weighted by Gasteiger charge is 2.46. The van der Waals surface area contributed by atoms with Crippen molar-refractivity contribution in [1.29, 1.82) is 0 Å². The summed E-state index contributed by atoms with van der Waals surface area (Å²) in [7, 11) is -2.95. The normalized spacial score (nSPS) is 20.1. The Balaban J connectivity index is 1.34. The van der Waals surface area contributed by atoms with E-state index in [1.807, 2.05) is 6.92 Å². The second-order valence-corrected chi connectivity index (χ2v) is 9.41. The molecule has 1 fully saturated rings. The summed E-state index contributed by atoms with van der Waals surface area (Å²) >= 11 is 0. The van der Waals surface area contributed by atoms with Crippen LogP contribution in [0.5, 0.6) is 23.0 Å². The zero-order valence-electron chi connectivity index (χ0n) is 27.1. The fraction of sp³-hybridized carbons (Fsp3) is 0.286. The Morgan fingerprint density at radius 1 is 1.12 bits per heavy atom. The minimum atomic E-state index is -3.61. The van der Waals surface area contributed by atoms with Gasteiger partial charge in [0.2, 0.25) is 0 Å². The van der Waals surface area contributed by atoms with Crippen LogP contribution in [0.4, 0.5) is 14.6 Å². The molecule has 1 unspecified atom stereocenters. The molecule has 5 aromatic rings. The lowest BCUT2D eigenvalue weighted by Crippen LogP contribution is -2.52. The van der Waals surface area contributed by atoms with Gasteiger partial charge in [-0.2, -0.15) is 5.10 Å². The van der Waals surface area contributed by atoms with Gasteiger partial charge in [-0.3, -0.25) is 0 Å². The molecule has 12 heteroatoms. The van der Waals surface area contributed by atoms with Crippen molar-refractivity contribution in [3.8, 4) is 34.4 Å². The first-order valence-electron chi connectivity index (χ1n) is 15.2. The number of ether oxygens (including phenoxy) is 3. The fourth-order valence-corrected chi connectivity index (χ4v) is 4.63. The van der Waals surface area contributed by atoms with Crippen LogP contribution in [0.1, 0.15) is 20.2 Å². The van der Waals surface area contributed by atoms with Crippen LogP contribution in [-0.2, 0) is 0 Å². The maximum absolute atomic E-state index is 15.2. The Hall–Kier alpha value is -4.58. The molecule has 10 nitrogen and oxygen atoms in total. The van der Waals surface area contributed by atoms with E-state index in [1.165, 1.54) is 18.5 Å². The molecule has 0 amide bonds. The Bertz CT molecular complexity index is 1940. The van der Waals surface area contributed by atoms with E-state index in [1.54, 1.807) is 41.0 Å². The largest absolute Gasteiger partial charge is 0.493 e. The molecule has 206 valence electrons. The van der Waals surface area contributed by atoms with Gasteiger partial charge in [-0.15, -0.1) is 0 Å². The average Bonchev–Trinajstić information content (AvgIpc) is 3.42. The van der Waals surface area contributed by atoms with E-state index in [0.29, 0.717) is 27.6 Å². The third-order valence-corrected chi connectivity index (χ3v) is 6.63. The number of benzene rings is 2. The average molecular weight is 554 g/mol. The Morgan fingerprint density at radius 3 is 2.80 bits per heavy atom. The molecule has 40 heavy (non-hydrogen) atoms. The number of piperidine rings is 1. The lowest BCUT2D eigenvalue weighted by Gasteiger charge is -2.36. The molecule has 3 aromatic heterocycles. The molecule has 4 heterocycles. The van der Waals surface area contributed by atoms with Gasteiger partial charge in [0.05, 0.1) is 28.6 Å². The van der Waals surface area contributed by atoms with Gasteiger partial charge < -0.3 is 24.8 Å². The molecule has 1 saturated heterocycles. The minimum Gasteiger partial charge on any atom is -0.493 e. The highest BCUT2D eigenvalue weighted by atomic mass is 19.3. The number of aromatic nitrogens is 5. The number of fused-ring (bicyclic) bond motifs is 2. The van der Waals surface area contributed by atoms with E-state index in [-0.39, 0.29) is 47.0 Å². The van der Waals surface area contributed by atoms with E-state index in [9.17, 15) is 0 Å². The maximum atomic E-state index is 15.2. The Labute approximate surface area is 236 Å². The number of aryl methyl sites for hydroxylation is 1. The van der Waals surface area contributed by atoms with Crippen LogP contribution >= 0.6 is 0 Å². The van der Waals surface area contributed by atoms with Gasteiger partial charge in [0.15, 0.2) is 29.1 Å². The summed E-state index contributed by atoms with van der Waals surface area (Å²) in [5.74, 6) is -3.20. The molecule has 0 bridgehead atoms. The molecule has 1 aliphatic rings. The van der Waals surface area contributed by atoms with Crippen molar-refractivity contribution in [2.75, 3.05) is 32.8 Å². The van der Waals surface area contributed by atoms with Gasteiger partial charge >= 0.3 is 0 Å². The van der Waals surface area contributed by atoms with Crippen LogP contribution in [0, 0.1) is 6.92 Å². The van der Waals surface area contributed by atoms with Crippen molar-refractivity contribution in [1.82, 2.24) is 29.5 Å². The number of hydrogen-bond donors (Lipinski definition) is 1. The van der Waals surface area contributed by atoms with Crippen molar-refractivity contribution in [3.63, 3.8) is 0 Å². The second-order valence-electron chi connectivity index (χ2n) is 9.41. The highest BCUT2D eigenvalue weighted by molar-refractivity contribution is 5.97. The number of nitrogens with zero attached hydrogens (tertiary/aromatic N) is 6. The second kappa shape index (κ2) is 9.87. The predicted octanol–water partition coefficient (Wildman–Crippen LogP) is 4.75. The molecule has 2 aromatic carbocycles. The minimum absolute atomic E-state index is 0.0277. The molecule has 1 aliphatic heterocycles. The number of nitrogens with two attached hydrogens (primary N) is 1. The smallest absolute Gasteiger partial charge is 0.296 e. The monoisotopic (exact) mass is 553 g/mol. The summed E-state index contributed by atoms with van der Waals surface area (Å²) in [6, 6.07) is 11.4. The maximum Gasteiger partial charge on any atom is 0.296 e. The zero-order valence-corrected chi connectivity index (χ0v) is 21.1. The van der Waals surface area contributed by atoms with Crippen LogP contribution in [-0.4, -0.2) is 68.6 Å². The molecule has 0 spiro atoms. The SMILES string of the molecule is [2H]C([2H])([2H])Oc1ccc2nc(-c3ccc(Oc4ccn5ncnc5c4)c(C)c3)nc(N)c2c1OC1CCN(C([2H])([2H])[2H])CC1(F)F. The van der Waals surface area contributed by atoms with Crippen molar-refractivity contribution in [2.45, 2.75) is 25.4 Å². The van der Waals surface area contributed by atoms with Gasteiger partial charge in [-0.05, 0) is 55.9 Å². The van der Waals surface area contributed by atoms with E-state index < -0.39 is 32.6 Å². The van der Waals surface area contributed by atoms with Crippen LogP contribution < -0.4 is 19.9 Å². The molecule has 2 N–H and O–H groups in total. The van der Waals surface area contributed by atoms with E-state index >= 15 is 8.78 Å². The number of alkyl halides is 2. The van der Waals surface area contributed by atoms with Gasteiger partial charge in [-0.1, -0.05) is 0 Å². The van der Waals surface area contributed by atoms with Crippen molar-refractivity contribution in [3.05, 3.63) is 60.6 Å². The van der Waals surface area contributed by atoms with Crippen LogP contribution in [0.2, 0.25) is 0 Å².